The molecule has 2 heteroatoms. The lowest BCUT2D eigenvalue weighted by atomic mass is 10.0. The second-order valence-corrected chi connectivity index (χ2v) is 4.43. The quantitative estimate of drug-likeness (QED) is 0.583. The van der Waals surface area contributed by atoms with Crippen molar-refractivity contribution in [1.82, 2.24) is 4.98 Å². The van der Waals surface area contributed by atoms with E-state index in [-0.39, 0.29) is 5.43 Å². The maximum atomic E-state index is 12.3. The van der Waals surface area contributed by atoms with Gasteiger partial charge in [0.2, 0.25) is 0 Å². The average molecular weight is 223 g/mol. The topological polar surface area (TPSA) is 32.9 Å². The van der Waals surface area contributed by atoms with Crippen molar-refractivity contribution in [3.05, 3.63) is 57.7 Å². The average Bonchev–Trinajstić information content (AvgIpc) is 2.35. The highest BCUT2D eigenvalue weighted by Crippen LogP contribution is 2.20. The number of nitrogens with one attached hydrogen (secondary N) is 1. The zero-order valence-corrected chi connectivity index (χ0v) is 9.87. The summed E-state index contributed by atoms with van der Waals surface area (Å²) in [6.07, 6.45) is 0. The van der Waals surface area contributed by atoms with Crippen LogP contribution in [-0.2, 0) is 0 Å². The molecule has 0 aliphatic carbocycles. The van der Waals surface area contributed by atoms with Crippen molar-refractivity contribution in [2.24, 2.45) is 0 Å². The fraction of sp³-hybridized carbons (Fsp3) is 0.133. The Morgan fingerprint density at radius 3 is 2.53 bits per heavy atom. The molecule has 0 unspecified atom stereocenters. The normalized spacial score (nSPS) is 11.2. The van der Waals surface area contributed by atoms with E-state index < -0.39 is 0 Å². The highest BCUT2D eigenvalue weighted by Gasteiger charge is 2.07. The van der Waals surface area contributed by atoms with Gasteiger partial charge in [-0.3, -0.25) is 4.79 Å². The van der Waals surface area contributed by atoms with Crippen molar-refractivity contribution >= 4 is 21.8 Å². The number of hydrogen-bond acceptors (Lipinski definition) is 1. The first-order valence-corrected chi connectivity index (χ1v) is 5.69. The van der Waals surface area contributed by atoms with Gasteiger partial charge >= 0.3 is 0 Å². The van der Waals surface area contributed by atoms with E-state index >= 15 is 0 Å². The minimum atomic E-state index is 0.109. The molecule has 2 nitrogen and oxygen atoms in total. The number of para-hydroxylation sites is 1. The molecule has 0 saturated carbocycles. The summed E-state index contributed by atoms with van der Waals surface area (Å²) in [4.78, 5) is 15.7. The molecular weight excluding hydrogens is 210 g/mol. The Hall–Kier alpha value is -2.09. The van der Waals surface area contributed by atoms with Gasteiger partial charge < -0.3 is 4.98 Å². The number of aryl methyl sites for hydroxylation is 2. The summed E-state index contributed by atoms with van der Waals surface area (Å²) in [7, 11) is 0. The van der Waals surface area contributed by atoms with E-state index in [1.807, 2.05) is 43.3 Å². The standard InChI is InChI=1S/C15H13NO/c1-9-7-8-12-14(10(9)2)16-13-6-4-3-5-11(13)15(12)17/h3-8H,1-2H3,(H,16,17). The molecule has 3 aromatic rings. The number of hydrogen-bond donors (Lipinski definition) is 1. The number of fused-ring (bicyclic) bond motifs is 2. The van der Waals surface area contributed by atoms with Crippen LogP contribution in [0, 0.1) is 13.8 Å². The third-order valence-corrected chi connectivity index (χ3v) is 3.41. The van der Waals surface area contributed by atoms with Crippen LogP contribution in [-0.4, -0.2) is 4.98 Å². The fourth-order valence-electron chi connectivity index (χ4n) is 2.24. The van der Waals surface area contributed by atoms with Crippen LogP contribution >= 0.6 is 0 Å². The molecule has 1 aromatic heterocycles. The van der Waals surface area contributed by atoms with E-state index in [2.05, 4.69) is 11.9 Å². The number of aromatic nitrogens is 1. The molecule has 0 aliphatic rings. The molecule has 0 aliphatic heterocycles. The molecule has 0 amide bonds. The third kappa shape index (κ3) is 1.37. The van der Waals surface area contributed by atoms with Crippen LogP contribution in [0.3, 0.4) is 0 Å². The minimum Gasteiger partial charge on any atom is -0.354 e. The number of aromatic amines is 1. The van der Waals surface area contributed by atoms with Crippen LogP contribution in [0.2, 0.25) is 0 Å². The number of H-pyrrole nitrogens is 1. The molecule has 3 rings (SSSR count). The van der Waals surface area contributed by atoms with Crippen molar-refractivity contribution < 1.29 is 0 Å². The summed E-state index contributed by atoms with van der Waals surface area (Å²) < 4.78 is 0. The number of rotatable bonds is 0. The zero-order valence-electron chi connectivity index (χ0n) is 9.87. The van der Waals surface area contributed by atoms with Gasteiger partial charge in [0.1, 0.15) is 0 Å². The van der Waals surface area contributed by atoms with E-state index in [1.54, 1.807) is 0 Å². The van der Waals surface area contributed by atoms with E-state index in [1.165, 1.54) is 5.56 Å². The van der Waals surface area contributed by atoms with Gasteiger partial charge in [-0.05, 0) is 43.2 Å². The lowest BCUT2D eigenvalue weighted by Crippen LogP contribution is -2.05. The molecule has 0 saturated heterocycles. The summed E-state index contributed by atoms with van der Waals surface area (Å²) in [6.45, 7) is 4.10. The van der Waals surface area contributed by atoms with Gasteiger partial charge in [-0.15, -0.1) is 0 Å². The van der Waals surface area contributed by atoms with E-state index in [9.17, 15) is 4.79 Å². The largest absolute Gasteiger partial charge is 0.354 e. The molecule has 2 aromatic carbocycles. The van der Waals surface area contributed by atoms with E-state index in [0.717, 1.165) is 27.4 Å². The Morgan fingerprint density at radius 2 is 1.71 bits per heavy atom. The molecule has 0 radical (unpaired) electrons. The monoisotopic (exact) mass is 223 g/mol. The lowest BCUT2D eigenvalue weighted by molar-refractivity contribution is 1.33. The molecule has 0 atom stereocenters. The Balaban J connectivity index is 2.64. The highest BCUT2D eigenvalue weighted by atomic mass is 16.1. The predicted molar refractivity (Wildman–Crippen MR) is 71.5 cm³/mol. The summed E-state index contributed by atoms with van der Waals surface area (Å²) in [5.74, 6) is 0. The molecule has 1 N–H and O–H groups in total. The molecule has 1 heterocycles. The maximum absolute atomic E-state index is 12.3. The Labute approximate surface area is 98.9 Å². The number of pyridine rings is 1. The van der Waals surface area contributed by atoms with E-state index in [4.69, 9.17) is 0 Å². The molecule has 0 fully saturated rings. The molecular formula is C15H13NO. The van der Waals surface area contributed by atoms with Gasteiger partial charge in [0.25, 0.3) is 0 Å². The van der Waals surface area contributed by atoms with Crippen LogP contribution in [0.15, 0.2) is 41.2 Å². The fourth-order valence-corrected chi connectivity index (χ4v) is 2.24. The summed E-state index contributed by atoms with van der Waals surface area (Å²) in [5.41, 5.74) is 4.30. The van der Waals surface area contributed by atoms with Gasteiger partial charge in [0.15, 0.2) is 5.43 Å². The molecule has 0 spiro atoms. The first kappa shape index (κ1) is 10.1. The highest BCUT2D eigenvalue weighted by molar-refractivity contribution is 5.94. The minimum absolute atomic E-state index is 0.109. The van der Waals surface area contributed by atoms with Crippen LogP contribution in [0.5, 0.6) is 0 Å². The third-order valence-electron chi connectivity index (χ3n) is 3.41. The smallest absolute Gasteiger partial charge is 0.197 e. The summed E-state index contributed by atoms with van der Waals surface area (Å²) >= 11 is 0. The van der Waals surface area contributed by atoms with Crippen molar-refractivity contribution in [3.8, 4) is 0 Å². The molecule has 0 bridgehead atoms. The predicted octanol–water partition coefficient (Wildman–Crippen LogP) is 3.30. The van der Waals surface area contributed by atoms with Crippen molar-refractivity contribution in [1.29, 1.82) is 0 Å². The lowest BCUT2D eigenvalue weighted by Gasteiger charge is -2.07. The first-order valence-electron chi connectivity index (χ1n) is 5.69. The Kier molecular flexibility index (Phi) is 2.05. The van der Waals surface area contributed by atoms with Gasteiger partial charge in [0, 0.05) is 16.3 Å². The molecule has 84 valence electrons. The van der Waals surface area contributed by atoms with Crippen LogP contribution in [0.4, 0.5) is 0 Å². The van der Waals surface area contributed by atoms with Crippen molar-refractivity contribution in [3.63, 3.8) is 0 Å². The van der Waals surface area contributed by atoms with Crippen LogP contribution in [0.1, 0.15) is 11.1 Å². The first-order chi connectivity index (χ1) is 8.18. The van der Waals surface area contributed by atoms with Crippen molar-refractivity contribution in [2.75, 3.05) is 0 Å². The van der Waals surface area contributed by atoms with Crippen LogP contribution in [0.25, 0.3) is 21.8 Å². The van der Waals surface area contributed by atoms with E-state index in [0.29, 0.717) is 0 Å². The summed E-state index contributed by atoms with van der Waals surface area (Å²) in [5, 5.41) is 1.52. The maximum Gasteiger partial charge on any atom is 0.197 e. The Morgan fingerprint density at radius 1 is 0.941 bits per heavy atom. The van der Waals surface area contributed by atoms with Gasteiger partial charge in [0.05, 0.1) is 5.52 Å². The van der Waals surface area contributed by atoms with Gasteiger partial charge in [-0.25, -0.2) is 0 Å². The second kappa shape index (κ2) is 3.45. The van der Waals surface area contributed by atoms with Gasteiger partial charge in [-0.2, -0.15) is 0 Å². The Bertz CT molecular complexity index is 784. The zero-order chi connectivity index (χ0) is 12.0. The second-order valence-electron chi connectivity index (χ2n) is 4.43. The number of benzene rings is 2. The van der Waals surface area contributed by atoms with Crippen LogP contribution < -0.4 is 5.43 Å². The van der Waals surface area contributed by atoms with Crippen molar-refractivity contribution in [2.45, 2.75) is 13.8 Å². The SMILES string of the molecule is Cc1ccc2c(=O)c3ccccc3[nH]c2c1C. The van der Waals surface area contributed by atoms with Gasteiger partial charge in [-0.1, -0.05) is 18.2 Å². The summed E-state index contributed by atoms with van der Waals surface area (Å²) in [6, 6.07) is 11.5. The molecule has 17 heavy (non-hydrogen) atoms.